The van der Waals surface area contributed by atoms with E-state index >= 15 is 0 Å². The largest absolute Gasteiger partial charge is 0.481 e. The highest BCUT2D eigenvalue weighted by atomic mass is 16.5. The van der Waals surface area contributed by atoms with Crippen LogP contribution < -0.4 is 15.4 Å². The van der Waals surface area contributed by atoms with Gasteiger partial charge in [0.1, 0.15) is 5.82 Å². The van der Waals surface area contributed by atoms with Crippen LogP contribution in [0.1, 0.15) is 6.42 Å². The zero-order valence-corrected chi connectivity index (χ0v) is 10.4. The summed E-state index contributed by atoms with van der Waals surface area (Å²) in [6.07, 6.45) is 0.749. The van der Waals surface area contributed by atoms with Gasteiger partial charge in [-0.2, -0.15) is 9.97 Å². The fourth-order valence-corrected chi connectivity index (χ4v) is 2.02. The summed E-state index contributed by atoms with van der Waals surface area (Å²) in [6.45, 7) is 1.31. The number of nitrogens with zero attached hydrogens (tertiary/aromatic N) is 3. The SMILES string of the molecule is COC(=O)C1CCN(c2cc(OC)nc(N)n2)C1. The summed E-state index contributed by atoms with van der Waals surface area (Å²) in [6, 6.07) is 1.70. The quantitative estimate of drug-likeness (QED) is 0.761. The fourth-order valence-electron chi connectivity index (χ4n) is 2.02. The number of hydrogen-bond donors (Lipinski definition) is 1. The predicted octanol–water partition coefficient (Wildman–Crippen LogP) is 0.0667. The smallest absolute Gasteiger partial charge is 0.310 e. The molecule has 0 aliphatic carbocycles. The van der Waals surface area contributed by atoms with Crippen LogP contribution in [0.15, 0.2) is 6.07 Å². The van der Waals surface area contributed by atoms with E-state index in [9.17, 15) is 4.79 Å². The van der Waals surface area contributed by atoms with Crippen molar-refractivity contribution >= 4 is 17.7 Å². The van der Waals surface area contributed by atoms with Gasteiger partial charge in [-0.05, 0) is 6.42 Å². The van der Waals surface area contributed by atoms with Gasteiger partial charge < -0.3 is 20.1 Å². The van der Waals surface area contributed by atoms with E-state index in [1.807, 2.05) is 4.90 Å². The fraction of sp³-hybridized carbons (Fsp3) is 0.545. The Labute approximate surface area is 105 Å². The molecule has 7 heteroatoms. The number of aromatic nitrogens is 2. The topological polar surface area (TPSA) is 90.6 Å². The number of ether oxygens (including phenoxy) is 2. The van der Waals surface area contributed by atoms with Crippen LogP contribution in [0, 0.1) is 5.92 Å². The van der Waals surface area contributed by atoms with E-state index in [0.29, 0.717) is 18.2 Å². The molecule has 0 spiro atoms. The molecule has 1 fully saturated rings. The highest BCUT2D eigenvalue weighted by Crippen LogP contribution is 2.25. The molecule has 98 valence electrons. The number of hydrogen-bond acceptors (Lipinski definition) is 7. The van der Waals surface area contributed by atoms with Crippen LogP contribution in [0.3, 0.4) is 0 Å². The van der Waals surface area contributed by atoms with Crippen LogP contribution >= 0.6 is 0 Å². The average Bonchev–Trinajstić information content (AvgIpc) is 2.86. The molecule has 1 unspecified atom stereocenters. The van der Waals surface area contributed by atoms with Crippen LogP contribution in [0.4, 0.5) is 11.8 Å². The Kier molecular flexibility index (Phi) is 3.50. The first-order valence-electron chi connectivity index (χ1n) is 5.65. The maximum atomic E-state index is 11.4. The molecule has 1 aromatic rings. The third-order valence-corrected chi connectivity index (χ3v) is 2.96. The number of carbonyl (C=O) groups excluding carboxylic acids is 1. The van der Waals surface area contributed by atoms with Gasteiger partial charge in [0.15, 0.2) is 0 Å². The van der Waals surface area contributed by atoms with Crippen molar-refractivity contribution in [3.05, 3.63) is 6.07 Å². The Balaban J connectivity index is 2.14. The van der Waals surface area contributed by atoms with Gasteiger partial charge in [-0.15, -0.1) is 0 Å². The van der Waals surface area contributed by atoms with Gasteiger partial charge in [-0.3, -0.25) is 4.79 Å². The van der Waals surface area contributed by atoms with Crippen molar-refractivity contribution in [1.82, 2.24) is 9.97 Å². The summed E-state index contributed by atoms with van der Waals surface area (Å²) < 4.78 is 9.78. The molecular formula is C11H16N4O3. The lowest BCUT2D eigenvalue weighted by atomic mass is 10.1. The molecule has 18 heavy (non-hydrogen) atoms. The molecule has 2 heterocycles. The first-order valence-corrected chi connectivity index (χ1v) is 5.65. The van der Waals surface area contributed by atoms with E-state index in [4.69, 9.17) is 15.2 Å². The summed E-state index contributed by atoms with van der Waals surface area (Å²) >= 11 is 0. The van der Waals surface area contributed by atoms with Gasteiger partial charge >= 0.3 is 5.97 Å². The number of nitrogen functional groups attached to an aromatic ring is 1. The first kappa shape index (κ1) is 12.4. The van der Waals surface area contributed by atoms with Gasteiger partial charge in [-0.25, -0.2) is 0 Å². The zero-order valence-electron chi connectivity index (χ0n) is 10.4. The van der Waals surface area contributed by atoms with Crippen molar-refractivity contribution in [2.75, 3.05) is 37.9 Å². The van der Waals surface area contributed by atoms with Gasteiger partial charge in [0.05, 0.1) is 20.1 Å². The summed E-state index contributed by atoms with van der Waals surface area (Å²) in [7, 11) is 2.92. The molecule has 1 atom stereocenters. The molecule has 2 N–H and O–H groups in total. The van der Waals surface area contributed by atoms with Crippen LogP contribution in [0.5, 0.6) is 5.88 Å². The molecular weight excluding hydrogens is 236 g/mol. The zero-order chi connectivity index (χ0) is 13.1. The van der Waals surface area contributed by atoms with Crippen LogP contribution in [-0.2, 0) is 9.53 Å². The second-order valence-electron chi connectivity index (χ2n) is 4.08. The van der Waals surface area contributed by atoms with Crippen molar-refractivity contribution < 1.29 is 14.3 Å². The van der Waals surface area contributed by atoms with Crippen molar-refractivity contribution in [3.63, 3.8) is 0 Å². The minimum Gasteiger partial charge on any atom is -0.481 e. The molecule has 0 amide bonds. The van der Waals surface area contributed by atoms with E-state index in [1.54, 1.807) is 6.07 Å². The van der Waals surface area contributed by atoms with Crippen LogP contribution in [0.2, 0.25) is 0 Å². The minimum atomic E-state index is -0.188. The van der Waals surface area contributed by atoms with E-state index in [-0.39, 0.29) is 17.8 Å². The predicted molar refractivity (Wildman–Crippen MR) is 65.3 cm³/mol. The molecule has 1 aliphatic rings. The van der Waals surface area contributed by atoms with Crippen molar-refractivity contribution in [2.45, 2.75) is 6.42 Å². The standard InChI is InChI=1S/C11H16N4O3/c1-17-9-5-8(13-11(12)14-9)15-4-3-7(6-15)10(16)18-2/h5,7H,3-4,6H2,1-2H3,(H2,12,13,14). The summed E-state index contributed by atoms with van der Waals surface area (Å²) in [5.74, 6) is 0.944. The Morgan fingerprint density at radius 1 is 1.50 bits per heavy atom. The van der Waals surface area contributed by atoms with E-state index in [1.165, 1.54) is 14.2 Å². The van der Waals surface area contributed by atoms with E-state index in [0.717, 1.165) is 13.0 Å². The van der Waals surface area contributed by atoms with Crippen molar-refractivity contribution in [3.8, 4) is 5.88 Å². The molecule has 0 bridgehead atoms. The summed E-state index contributed by atoms with van der Waals surface area (Å²) in [5, 5.41) is 0. The third kappa shape index (κ3) is 2.44. The van der Waals surface area contributed by atoms with Gasteiger partial charge in [0.2, 0.25) is 11.8 Å². The minimum absolute atomic E-state index is 0.114. The van der Waals surface area contributed by atoms with E-state index < -0.39 is 0 Å². The lowest BCUT2D eigenvalue weighted by molar-refractivity contribution is -0.144. The highest BCUT2D eigenvalue weighted by Gasteiger charge is 2.30. The first-order chi connectivity index (χ1) is 8.63. The Bertz CT molecular complexity index is 452. The Morgan fingerprint density at radius 2 is 2.28 bits per heavy atom. The van der Waals surface area contributed by atoms with Crippen molar-refractivity contribution in [2.24, 2.45) is 5.92 Å². The number of nitrogens with two attached hydrogens (primary N) is 1. The number of methoxy groups -OCH3 is 2. The summed E-state index contributed by atoms with van der Waals surface area (Å²) in [5.41, 5.74) is 5.60. The lowest BCUT2D eigenvalue weighted by Crippen LogP contribution is -2.24. The van der Waals surface area contributed by atoms with Crippen molar-refractivity contribution in [1.29, 1.82) is 0 Å². The number of rotatable bonds is 3. The Morgan fingerprint density at radius 3 is 2.94 bits per heavy atom. The molecule has 7 nitrogen and oxygen atoms in total. The number of carbonyl (C=O) groups is 1. The molecule has 0 aromatic carbocycles. The highest BCUT2D eigenvalue weighted by molar-refractivity contribution is 5.74. The molecule has 1 aromatic heterocycles. The average molecular weight is 252 g/mol. The molecule has 0 saturated carbocycles. The van der Waals surface area contributed by atoms with Gasteiger partial charge in [-0.1, -0.05) is 0 Å². The molecule has 1 aliphatic heterocycles. The maximum Gasteiger partial charge on any atom is 0.310 e. The maximum absolute atomic E-state index is 11.4. The van der Waals surface area contributed by atoms with Crippen LogP contribution in [0.25, 0.3) is 0 Å². The second-order valence-corrected chi connectivity index (χ2v) is 4.08. The molecule has 1 saturated heterocycles. The lowest BCUT2D eigenvalue weighted by Gasteiger charge is -2.17. The number of anilines is 2. The normalized spacial score (nSPS) is 18.8. The van der Waals surface area contributed by atoms with Gasteiger partial charge in [0.25, 0.3) is 0 Å². The second kappa shape index (κ2) is 5.07. The third-order valence-electron chi connectivity index (χ3n) is 2.96. The number of esters is 1. The van der Waals surface area contributed by atoms with Gasteiger partial charge in [0, 0.05) is 19.2 Å². The van der Waals surface area contributed by atoms with E-state index in [2.05, 4.69) is 9.97 Å². The monoisotopic (exact) mass is 252 g/mol. The molecule has 0 radical (unpaired) electrons. The Hall–Kier alpha value is -2.05. The summed E-state index contributed by atoms with van der Waals surface area (Å²) in [4.78, 5) is 21.5. The molecule has 2 rings (SSSR count). The van der Waals surface area contributed by atoms with Crippen LogP contribution in [-0.4, -0.2) is 43.2 Å².